The molecule has 4 N–H and O–H groups in total. The summed E-state index contributed by atoms with van der Waals surface area (Å²) < 4.78 is 9.42. The smallest absolute Gasteiger partial charge is 0.407 e. The molecule has 3 aromatic rings. The number of rotatable bonds is 12. The first-order chi connectivity index (χ1) is 25.4. The standard InChI is InChI=1S/C38H50N8O7/c1-22(2)31(43-37(50)52-5)35(48)45-17-7-9-29(45)33-40-21-28(42-33)25-13-11-24(12-14-25)26-15-16-27(39-19-26)20-41-34(47)30-10-8-18-46(30)36(49)32(23(3)4)44-38(51)53-6/h11-16,19,21-23,29-32H,7-10,17-18,20H2,1-6H3,(H,40,42)(H,41,47)(H,43,50)(H,44,51)/t29-,30-,31-,32-/m0/s1. The van der Waals surface area contributed by atoms with Crippen molar-refractivity contribution in [2.24, 2.45) is 11.8 Å². The molecule has 53 heavy (non-hydrogen) atoms. The van der Waals surface area contributed by atoms with Gasteiger partial charge in [0.2, 0.25) is 17.7 Å². The lowest BCUT2D eigenvalue weighted by Gasteiger charge is -2.30. The number of likely N-dealkylation sites (tertiary alicyclic amines) is 2. The summed E-state index contributed by atoms with van der Waals surface area (Å²) in [6.07, 6.45) is 5.03. The summed E-state index contributed by atoms with van der Waals surface area (Å²) in [5.74, 6) is -0.320. The molecule has 2 aromatic heterocycles. The normalized spacial score (nSPS) is 18.1. The van der Waals surface area contributed by atoms with Gasteiger partial charge in [-0.05, 0) is 54.7 Å². The van der Waals surface area contributed by atoms with Gasteiger partial charge < -0.3 is 40.2 Å². The highest BCUT2D eigenvalue weighted by Gasteiger charge is 2.39. The lowest BCUT2D eigenvalue weighted by atomic mass is 10.0. The van der Waals surface area contributed by atoms with Crippen LogP contribution >= 0.6 is 0 Å². The Bertz CT molecular complexity index is 1760. The first-order valence-corrected chi connectivity index (χ1v) is 18.1. The first kappa shape index (κ1) is 38.8. The molecule has 5 amide bonds. The van der Waals surface area contributed by atoms with Gasteiger partial charge in [0.05, 0.1) is 44.4 Å². The summed E-state index contributed by atoms with van der Waals surface area (Å²) >= 11 is 0. The number of benzene rings is 1. The predicted molar refractivity (Wildman–Crippen MR) is 196 cm³/mol. The summed E-state index contributed by atoms with van der Waals surface area (Å²) in [5.41, 5.74) is 4.30. The van der Waals surface area contributed by atoms with E-state index in [2.05, 4.69) is 35.6 Å². The molecule has 4 atom stereocenters. The molecule has 0 radical (unpaired) electrons. The van der Waals surface area contributed by atoms with E-state index in [9.17, 15) is 24.0 Å². The van der Waals surface area contributed by atoms with Crippen LogP contribution in [0.15, 0.2) is 48.8 Å². The largest absolute Gasteiger partial charge is 0.453 e. The van der Waals surface area contributed by atoms with Crippen molar-refractivity contribution in [3.8, 4) is 22.4 Å². The van der Waals surface area contributed by atoms with Gasteiger partial charge in [0.25, 0.3) is 0 Å². The number of ether oxygens (including phenoxy) is 2. The van der Waals surface area contributed by atoms with Crippen molar-refractivity contribution >= 4 is 29.9 Å². The first-order valence-electron chi connectivity index (χ1n) is 18.1. The Labute approximate surface area is 309 Å². The van der Waals surface area contributed by atoms with E-state index in [-0.39, 0.29) is 42.1 Å². The molecule has 0 spiro atoms. The molecule has 0 bridgehead atoms. The Hall–Kier alpha value is -5.47. The van der Waals surface area contributed by atoms with E-state index >= 15 is 0 Å². The second-order valence-electron chi connectivity index (χ2n) is 14.1. The number of hydrogen-bond acceptors (Lipinski definition) is 9. The monoisotopic (exact) mass is 730 g/mol. The van der Waals surface area contributed by atoms with Crippen molar-refractivity contribution in [1.82, 2.24) is 40.7 Å². The highest BCUT2D eigenvalue weighted by atomic mass is 16.5. The number of amides is 5. The minimum atomic E-state index is -0.793. The number of methoxy groups -OCH3 is 2. The van der Waals surface area contributed by atoms with Crippen LogP contribution in [0.4, 0.5) is 9.59 Å². The van der Waals surface area contributed by atoms with Crippen molar-refractivity contribution in [3.63, 3.8) is 0 Å². The summed E-state index contributed by atoms with van der Waals surface area (Å²) in [7, 11) is 2.52. The SMILES string of the molecule is COC(=O)N[C@H](C(=O)N1CCC[C@H]1C(=O)NCc1ccc(-c2ccc(-c3cnc([C@@H]4CCCN4C(=O)[C@@H](NC(=O)OC)C(C)C)[nH]3)cc2)cn1)C(C)C. The molecule has 2 fully saturated rings. The molecular weight excluding hydrogens is 680 g/mol. The van der Waals surface area contributed by atoms with Gasteiger partial charge in [0.1, 0.15) is 23.9 Å². The molecule has 2 aliphatic heterocycles. The maximum Gasteiger partial charge on any atom is 0.407 e. The van der Waals surface area contributed by atoms with Crippen LogP contribution in [0.2, 0.25) is 0 Å². The van der Waals surface area contributed by atoms with Crippen LogP contribution < -0.4 is 16.0 Å². The van der Waals surface area contributed by atoms with Gasteiger partial charge in [0.15, 0.2) is 0 Å². The molecule has 15 nitrogen and oxygen atoms in total. The van der Waals surface area contributed by atoms with Crippen LogP contribution in [0.5, 0.6) is 0 Å². The van der Waals surface area contributed by atoms with Crippen molar-refractivity contribution in [2.45, 2.75) is 84.1 Å². The van der Waals surface area contributed by atoms with Crippen molar-refractivity contribution in [3.05, 3.63) is 60.3 Å². The lowest BCUT2D eigenvalue weighted by Crippen LogP contribution is -2.55. The zero-order valence-electron chi connectivity index (χ0n) is 31.2. The molecule has 2 saturated heterocycles. The van der Waals surface area contributed by atoms with Crippen LogP contribution in [0.3, 0.4) is 0 Å². The molecule has 15 heteroatoms. The quantitative estimate of drug-likeness (QED) is 0.212. The maximum absolute atomic E-state index is 13.5. The third-order valence-corrected chi connectivity index (χ3v) is 9.87. The van der Waals surface area contributed by atoms with Gasteiger partial charge in [-0.15, -0.1) is 0 Å². The molecule has 284 valence electrons. The maximum atomic E-state index is 13.5. The fraction of sp³-hybridized carbons (Fsp3) is 0.500. The van der Waals surface area contributed by atoms with Crippen LogP contribution in [0, 0.1) is 11.8 Å². The average molecular weight is 731 g/mol. The second kappa shape index (κ2) is 17.4. The van der Waals surface area contributed by atoms with Gasteiger partial charge in [-0.25, -0.2) is 14.6 Å². The molecule has 1 aromatic carbocycles. The summed E-state index contributed by atoms with van der Waals surface area (Å²) in [6, 6.07) is 9.44. The van der Waals surface area contributed by atoms with Gasteiger partial charge in [-0.3, -0.25) is 19.4 Å². The Morgan fingerprint density at radius 1 is 0.755 bits per heavy atom. The predicted octanol–water partition coefficient (Wildman–Crippen LogP) is 4.17. The number of aromatic amines is 1. The Kier molecular flexibility index (Phi) is 12.7. The summed E-state index contributed by atoms with van der Waals surface area (Å²) in [6.45, 7) is 8.66. The van der Waals surface area contributed by atoms with Crippen LogP contribution in [0.25, 0.3) is 22.4 Å². The zero-order valence-corrected chi connectivity index (χ0v) is 31.2. The van der Waals surface area contributed by atoms with Crippen molar-refractivity contribution in [1.29, 1.82) is 0 Å². The zero-order chi connectivity index (χ0) is 38.2. The van der Waals surface area contributed by atoms with E-state index in [1.807, 2.05) is 64.1 Å². The Morgan fingerprint density at radius 3 is 1.91 bits per heavy atom. The molecule has 4 heterocycles. The third kappa shape index (κ3) is 9.13. The van der Waals surface area contributed by atoms with Crippen molar-refractivity contribution in [2.75, 3.05) is 27.3 Å². The number of nitrogens with zero attached hydrogens (tertiary/aromatic N) is 4. The van der Waals surface area contributed by atoms with Crippen LogP contribution in [-0.4, -0.2) is 100 Å². The van der Waals surface area contributed by atoms with E-state index in [4.69, 9.17) is 4.74 Å². The molecule has 2 aliphatic rings. The van der Waals surface area contributed by atoms with E-state index < -0.39 is 30.3 Å². The van der Waals surface area contributed by atoms with Gasteiger partial charge in [0, 0.05) is 24.8 Å². The van der Waals surface area contributed by atoms with E-state index in [0.29, 0.717) is 37.4 Å². The van der Waals surface area contributed by atoms with Crippen molar-refractivity contribution < 1.29 is 33.4 Å². The number of imidazole rings is 1. The van der Waals surface area contributed by atoms with E-state index in [1.54, 1.807) is 22.2 Å². The Morgan fingerprint density at radius 2 is 1.32 bits per heavy atom. The number of H-pyrrole nitrogens is 1. The third-order valence-electron chi connectivity index (χ3n) is 9.87. The van der Waals surface area contributed by atoms with Crippen LogP contribution in [0.1, 0.15) is 70.9 Å². The number of carbonyl (C=O) groups is 5. The highest BCUT2D eigenvalue weighted by molar-refractivity contribution is 5.92. The van der Waals surface area contributed by atoms with Crippen LogP contribution in [-0.2, 0) is 30.4 Å². The number of hydrogen-bond donors (Lipinski definition) is 4. The summed E-state index contributed by atoms with van der Waals surface area (Å²) in [5, 5.41) is 8.19. The summed E-state index contributed by atoms with van der Waals surface area (Å²) in [4.78, 5) is 79.6. The number of pyridine rings is 1. The van der Waals surface area contributed by atoms with E-state index in [1.165, 1.54) is 14.2 Å². The molecule has 5 rings (SSSR count). The topological polar surface area (TPSA) is 188 Å². The van der Waals surface area contributed by atoms with E-state index in [0.717, 1.165) is 35.2 Å². The second-order valence-corrected chi connectivity index (χ2v) is 14.1. The minimum Gasteiger partial charge on any atom is -0.453 e. The van der Waals surface area contributed by atoms with Gasteiger partial charge in [-0.1, -0.05) is 58.0 Å². The highest BCUT2D eigenvalue weighted by Crippen LogP contribution is 2.33. The number of aromatic nitrogens is 3. The fourth-order valence-corrected chi connectivity index (χ4v) is 6.86. The Balaban J connectivity index is 1.17. The van der Waals surface area contributed by atoms with Gasteiger partial charge in [-0.2, -0.15) is 0 Å². The lowest BCUT2D eigenvalue weighted by molar-refractivity contribution is -0.140. The molecule has 0 saturated carbocycles. The fourth-order valence-electron chi connectivity index (χ4n) is 6.86. The average Bonchev–Trinajstić information content (AvgIpc) is 3.96. The molecular formula is C38H50N8O7. The minimum absolute atomic E-state index is 0.115. The number of alkyl carbamates (subject to hydrolysis) is 2. The number of nitrogens with one attached hydrogen (secondary N) is 4. The molecule has 0 aliphatic carbocycles. The van der Waals surface area contributed by atoms with Gasteiger partial charge >= 0.3 is 12.2 Å². The molecule has 0 unspecified atom stereocenters. The number of carbonyl (C=O) groups excluding carboxylic acids is 5.